The molecule has 206 valence electrons. The third-order valence-electron chi connectivity index (χ3n) is 6.25. The number of hydrogen-bond acceptors (Lipinski definition) is 10. The minimum atomic E-state index is -3.85. The van der Waals surface area contributed by atoms with Crippen molar-refractivity contribution in [2.45, 2.75) is 37.7 Å². The lowest BCUT2D eigenvalue weighted by molar-refractivity contribution is 0.327. The zero-order chi connectivity index (χ0) is 28.2. The predicted molar refractivity (Wildman–Crippen MR) is 141 cm³/mol. The minimum absolute atomic E-state index is 0.121. The van der Waals surface area contributed by atoms with Crippen LogP contribution in [0.2, 0.25) is 0 Å². The number of para-hydroxylation sites is 1. The third kappa shape index (κ3) is 5.82. The van der Waals surface area contributed by atoms with Crippen LogP contribution in [0, 0.1) is 5.82 Å². The summed E-state index contributed by atoms with van der Waals surface area (Å²) in [5, 5.41) is 7.67. The van der Waals surface area contributed by atoms with Crippen LogP contribution < -0.4 is 14.2 Å². The average Bonchev–Trinajstić information content (AvgIpc) is 3.34. The van der Waals surface area contributed by atoms with Gasteiger partial charge in [0.25, 0.3) is 0 Å². The van der Waals surface area contributed by atoms with Gasteiger partial charge in [0.2, 0.25) is 5.88 Å². The zero-order valence-electron chi connectivity index (χ0n) is 22.2. The van der Waals surface area contributed by atoms with Crippen molar-refractivity contribution >= 4 is 9.84 Å². The average molecular weight is 557 g/mol. The Morgan fingerprint density at radius 1 is 0.974 bits per heavy atom. The molecule has 4 rings (SSSR count). The molecule has 0 radical (unpaired) electrons. The van der Waals surface area contributed by atoms with Gasteiger partial charge in [-0.25, -0.2) is 27.8 Å². The summed E-state index contributed by atoms with van der Waals surface area (Å²) in [5.41, 5.74) is 0.824. The van der Waals surface area contributed by atoms with Crippen LogP contribution in [-0.2, 0) is 15.6 Å². The molecule has 39 heavy (non-hydrogen) atoms. The number of halogens is 1. The van der Waals surface area contributed by atoms with E-state index in [-0.39, 0.29) is 17.5 Å². The Hall–Kier alpha value is -4.13. The molecule has 11 nitrogen and oxygen atoms in total. The first-order valence-corrected chi connectivity index (χ1v) is 13.9. The molecule has 0 spiro atoms. The molecule has 0 saturated heterocycles. The maximum atomic E-state index is 13.7. The largest absolute Gasteiger partial charge is 0.494 e. The van der Waals surface area contributed by atoms with Gasteiger partial charge >= 0.3 is 0 Å². The number of ether oxygens (including phenoxy) is 3. The Kier molecular flexibility index (Phi) is 8.38. The molecule has 0 bridgehead atoms. The Balaban J connectivity index is 1.84. The van der Waals surface area contributed by atoms with Gasteiger partial charge in [0.05, 0.1) is 38.5 Å². The van der Waals surface area contributed by atoms with Crippen LogP contribution in [0.4, 0.5) is 4.39 Å². The highest BCUT2D eigenvalue weighted by molar-refractivity contribution is 7.91. The number of nitrogens with zero attached hydrogens (tertiary/aromatic N) is 6. The van der Waals surface area contributed by atoms with E-state index in [2.05, 4.69) is 25.1 Å². The normalized spacial score (nSPS) is 13.1. The molecule has 13 heteroatoms. The topological polar surface area (TPSA) is 131 Å². The molecule has 0 N–H and O–H groups in total. The number of sulfone groups is 1. The second kappa shape index (κ2) is 11.7. The van der Waals surface area contributed by atoms with Crippen molar-refractivity contribution in [1.29, 1.82) is 0 Å². The lowest BCUT2D eigenvalue weighted by Gasteiger charge is -2.20. The van der Waals surface area contributed by atoms with Gasteiger partial charge in [-0.2, -0.15) is 0 Å². The van der Waals surface area contributed by atoms with Gasteiger partial charge in [0, 0.05) is 12.0 Å². The summed E-state index contributed by atoms with van der Waals surface area (Å²) in [7, 11) is -0.852. The molecule has 4 aromatic rings. The Bertz CT molecular complexity index is 1520. The fourth-order valence-electron chi connectivity index (χ4n) is 4.02. The van der Waals surface area contributed by atoms with Gasteiger partial charge in [-0.05, 0) is 32.0 Å². The number of rotatable bonds is 11. The highest BCUT2D eigenvalue weighted by Gasteiger charge is 2.33. The van der Waals surface area contributed by atoms with Crippen LogP contribution in [0.5, 0.6) is 17.4 Å². The van der Waals surface area contributed by atoms with Gasteiger partial charge in [0.15, 0.2) is 27.3 Å². The quantitative estimate of drug-likeness (QED) is 0.269. The van der Waals surface area contributed by atoms with Crippen LogP contribution in [0.15, 0.2) is 48.8 Å². The lowest BCUT2D eigenvalue weighted by atomic mass is 10.1. The number of aromatic nitrogens is 6. The van der Waals surface area contributed by atoms with Crippen molar-refractivity contribution < 1.29 is 27.0 Å². The summed E-state index contributed by atoms with van der Waals surface area (Å²) in [6.07, 6.45) is 2.02. The second-order valence-corrected chi connectivity index (χ2v) is 11.0. The van der Waals surface area contributed by atoms with E-state index in [1.54, 1.807) is 54.8 Å². The maximum absolute atomic E-state index is 13.7. The van der Waals surface area contributed by atoms with E-state index >= 15 is 0 Å². The van der Waals surface area contributed by atoms with Crippen LogP contribution in [0.3, 0.4) is 0 Å². The van der Waals surface area contributed by atoms with Gasteiger partial charge in [-0.1, -0.05) is 19.1 Å². The van der Waals surface area contributed by atoms with Crippen molar-refractivity contribution in [3.63, 3.8) is 0 Å². The molecule has 2 atom stereocenters. The van der Waals surface area contributed by atoms with E-state index in [0.717, 1.165) is 12.4 Å². The molecule has 0 aliphatic heterocycles. The lowest BCUT2D eigenvalue weighted by Crippen LogP contribution is -2.27. The fourth-order valence-corrected chi connectivity index (χ4v) is 5.57. The van der Waals surface area contributed by atoms with E-state index in [4.69, 9.17) is 14.2 Å². The smallest absolute Gasteiger partial charge is 0.213 e. The number of pyridine rings is 1. The Morgan fingerprint density at radius 2 is 1.62 bits per heavy atom. The van der Waals surface area contributed by atoms with Crippen molar-refractivity contribution in [3.05, 3.63) is 66.3 Å². The zero-order valence-corrected chi connectivity index (χ0v) is 23.0. The van der Waals surface area contributed by atoms with E-state index in [1.807, 2.05) is 6.92 Å². The molecule has 0 unspecified atom stereocenters. The van der Waals surface area contributed by atoms with E-state index in [9.17, 15) is 12.8 Å². The van der Waals surface area contributed by atoms with Crippen molar-refractivity contribution in [3.8, 4) is 34.6 Å². The molecular weight excluding hydrogens is 527 g/mol. The SMILES string of the molecule is CCOc1cccc(-c2nnc(CS(=O)(=O)[C@@H](C)[C@H](C)c3ncc(F)cn3)n2-c2c(OC)cccc2OC)n1. The van der Waals surface area contributed by atoms with Gasteiger partial charge < -0.3 is 14.2 Å². The molecule has 0 saturated carbocycles. The van der Waals surface area contributed by atoms with Crippen molar-refractivity contribution in [2.24, 2.45) is 0 Å². The number of hydrogen-bond donors (Lipinski definition) is 0. The molecule has 1 aromatic carbocycles. The predicted octanol–water partition coefficient (Wildman–Crippen LogP) is 3.78. The summed E-state index contributed by atoms with van der Waals surface area (Å²) >= 11 is 0. The molecule has 3 heterocycles. The highest BCUT2D eigenvalue weighted by atomic mass is 32.2. The molecule has 0 fully saturated rings. The van der Waals surface area contributed by atoms with Crippen molar-refractivity contribution in [2.75, 3.05) is 20.8 Å². The van der Waals surface area contributed by atoms with E-state index < -0.39 is 32.6 Å². The molecular formula is C26H29FN6O5S. The van der Waals surface area contributed by atoms with Gasteiger partial charge in [0.1, 0.15) is 34.5 Å². The first-order chi connectivity index (χ1) is 18.7. The number of methoxy groups -OCH3 is 2. The highest BCUT2D eigenvalue weighted by Crippen LogP contribution is 2.37. The summed E-state index contributed by atoms with van der Waals surface area (Å²) < 4.78 is 58.9. The summed E-state index contributed by atoms with van der Waals surface area (Å²) in [4.78, 5) is 12.4. The van der Waals surface area contributed by atoms with E-state index in [0.29, 0.717) is 35.4 Å². The first-order valence-electron chi connectivity index (χ1n) is 12.1. The second-order valence-electron chi connectivity index (χ2n) is 8.64. The van der Waals surface area contributed by atoms with Crippen LogP contribution >= 0.6 is 0 Å². The third-order valence-corrected chi connectivity index (χ3v) is 8.45. The van der Waals surface area contributed by atoms with Crippen molar-refractivity contribution in [1.82, 2.24) is 29.7 Å². The van der Waals surface area contributed by atoms with Crippen LogP contribution in [0.25, 0.3) is 17.2 Å². The van der Waals surface area contributed by atoms with Gasteiger partial charge in [-0.15, -0.1) is 10.2 Å². The standard InChI is InChI=1S/C26H29FN6O5S/c1-6-38-23-12-7-9-19(30-23)26-32-31-22(33(26)24-20(36-4)10-8-11-21(24)37-5)15-39(34,35)17(3)16(2)25-28-13-18(27)14-29-25/h7-14,16-17H,6,15H2,1-5H3/t16-,17-/m0/s1. The Morgan fingerprint density at radius 3 is 2.23 bits per heavy atom. The molecule has 0 amide bonds. The monoisotopic (exact) mass is 556 g/mol. The molecule has 0 aliphatic rings. The fraction of sp³-hybridized carbons (Fsp3) is 0.346. The summed E-state index contributed by atoms with van der Waals surface area (Å²) in [5.74, 6) is 0.131. The van der Waals surface area contributed by atoms with Crippen LogP contribution in [-0.4, -0.2) is 64.2 Å². The Labute approximate surface area is 226 Å². The molecule has 0 aliphatic carbocycles. The summed E-state index contributed by atoms with van der Waals surface area (Å²) in [6.45, 7) is 5.50. The first kappa shape index (κ1) is 27.9. The minimum Gasteiger partial charge on any atom is -0.494 e. The summed E-state index contributed by atoms with van der Waals surface area (Å²) in [6, 6.07) is 10.4. The van der Waals surface area contributed by atoms with E-state index in [1.165, 1.54) is 14.2 Å². The van der Waals surface area contributed by atoms with Gasteiger partial charge in [-0.3, -0.25) is 4.57 Å². The molecule has 3 aromatic heterocycles. The van der Waals surface area contributed by atoms with Crippen LogP contribution in [0.1, 0.15) is 38.3 Å². The maximum Gasteiger partial charge on any atom is 0.213 e. The number of benzene rings is 1.